The van der Waals surface area contributed by atoms with Crippen LogP contribution in [0.1, 0.15) is 0 Å². The largest absolute Gasteiger partial charge is 0.349 e. The van der Waals surface area contributed by atoms with Crippen molar-refractivity contribution < 1.29 is 0 Å². The third kappa shape index (κ3) is 1.58. The maximum absolute atomic E-state index is 11.8. The van der Waals surface area contributed by atoms with Gasteiger partial charge >= 0.3 is 5.69 Å². The highest BCUT2D eigenvalue weighted by molar-refractivity contribution is 5.73. The van der Waals surface area contributed by atoms with Gasteiger partial charge in [0.05, 0.1) is 11.9 Å². The van der Waals surface area contributed by atoms with Gasteiger partial charge in [-0.3, -0.25) is 20.3 Å². The molecule has 0 amide bonds. The summed E-state index contributed by atoms with van der Waals surface area (Å²) in [6.07, 6.45) is 1.37. The van der Waals surface area contributed by atoms with E-state index in [1.54, 1.807) is 12.1 Å². The van der Waals surface area contributed by atoms with Gasteiger partial charge in [-0.05, 0) is 12.1 Å². The Bertz CT molecular complexity index is 799. The molecule has 0 aliphatic heterocycles. The zero-order valence-electron chi connectivity index (χ0n) is 9.18. The quantitative estimate of drug-likeness (QED) is 0.602. The van der Waals surface area contributed by atoms with Gasteiger partial charge in [-0.25, -0.2) is 4.79 Å². The Kier molecular flexibility index (Phi) is 2.23. The van der Waals surface area contributed by atoms with Crippen molar-refractivity contribution >= 4 is 16.7 Å². The fraction of sp³-hybridized carbons (Fsp3) is 0. The van der Waals surface area contributed by atoms with Crippen LogP contribution in [0.25, 0.3) is 11.0 Å². The summed E-state index contributed by atoms with van der Waals surface area (Å²) in [6, 6.07) is 9.15. The molecule has 0 saturated carbocycles. The fourth-order valence-electron chi connectivity index (χ4n) is 1.69. The molecule has 0 atom stereocenters. The van der Waals surface area contributed by atoms with Crippen LogP contribution in [0, 0.1) is 0 Å². The van der Waals surface area contributed by atoms with Crippen molar-refractivity contribution in [2.45, 2.75) is 0 Å². The number of benzene rings is 1. The number of rotatable bonds is 2. The maximum atomic E-state index is 11.8. The van der Waals surface area contributed by atoms with Gasteiger partial charge < -0.3 is 0 Å². The molecular weight excluding hydrogens is 234 g/mol. The van der Waals surface area contributed by atoms with Gasteiger partial charge in [-0.1, -0.05) is 18.2 Å². The van der Waals surface area contributed by atoms with Crippen LogP contribution in [0.5, 0.6) is 0 Å². The average molecular weight is 243 g/mol. The molecule has 3 N–H and O–H groups in total. The minimum Gasteiger partial charge on any atom is -0.288 e. The lowest BCUT2D eigenvalue weighted by Gasteiger charge is -2.09. The van der Waals surface area contributed by atoms with Crippen molar-refractivity contribution in [3.8, 4) is 0 Å². The standard InChI is InChI=1S/C11H9N5O2/c17-10-8-6-12-14-9(8)16(11(18)13-10)15-7-4-2-1-3-5-7/h1-6,15H,(H,12,14)(H,13,17,18). The van der Waals surface area contributed by atoms with Crippen LogP contribution < -0.4 is 16.7 Å². The summed E-state index contributed by atoms with van der Waals surface area (Å²) in [6.45, 7) is 0. The Hall–Kier alpha value is -2.83. The first-order valence-electron chi connectivity index (χ1n) is 5.26. The lowest BCUT2D eigenvalue weighted by atomic mass is 10.3. The van der Waals surface area contributed by atoms with E-state index in [4.69, 9.17) is 0 Å². The van der Waals surface area contributed by atoms with Gasteiger partial charge in [0.15, 0.2) is 5.65 Å². The molecule has 3 aromatic rings. The van der Waals surface area contributed by atoms with Crippen LogP contribution in [-0.4, -0.2) is 19.9 Å². The number of nitrogens with zero attached hydrogens (tertiary/aromatic N) is 2. The van der Waals surface area contributed by atoms with Gasteiger partial charge in [-0.15, -0.1) is 0 Å². The zero-order chi connectivity index (χ0) is 12.5. The van der Waals surface area contributed by atoms with Crippen LogP contribution >= 0.6 is 0 Å². The molecule has 3 rings (SSSR count). The number of H-pyrrole nitrogens is 2. The van der Waals surface area contributed by atoms with E-state index in [0.717, 1.165) is 5.69 Å². The van der Waals surface area contributed by atoms with E-state index in [0.29, 0.717) is 11.0 Å². The summed E-state index contributed by atoms with van der Waals surface area (Å²) in [5, 5.41) is 6.70. The molecule has 0 aliphatic rings. The second-order valence-corrected chi connectivity index (χ2v) is 3.70. The first kappa shape index (κ1) is 10.3. The fourth-order valence-corrected chi connectivity index (χ4v) is 1.69. The number of anilines is 1. The van der Waals surface area contributed by atoms with E-state index >= 15 is 0 Å². The van der Waals surface area contributed by atoms with Crippen molar-refractivity contribution in [1.82, 2.24) is 19.9 Å². The highest BCUT2D eigenvalue weighted by Gasteiger charge is 2.08. The Morgan fingerprint density at radius 3 is 2.72 bits per heavy atom. The van der Waals surface area contributed by atoms with Crippen LogP contribution in [-0.2, 0) is 0 Å². The summed E-state index contributed by atoms with van der Waals surface area (Å²) in [5.74, 6) is 0. The zero-order valence-corrected chi connectivity index (χ0v) is 9.18. The molecular formula is C11H9N5O2. The van der Waals surface area contributed by atoms with Crippen LogP contribution in [0.4, 0.5) is 5.69 Å². The van der Waals surface area contributed by atoms with Crippen LogP contribution in [0.3, 0.4) is 0 Å². The van der Waals surface area contributed by atoms with Gasteiger partial charge in [-0.2, -0.15) is 9.77 Å². The molecule has 0 aliphatic carbocycles. The second kappa shape index (κ2) is 3.88. The van der Waals surface area contributed by atoms with Gasteiger partial charge in [0.2, 0.25) is 0 Å². The monoisotopic (exact) mass is 243 g/mol. The molecule has 90 valence electrons. The molecule has 1 aromatic carbocycles. The minimum atomic E-state index is -0.555. The number of aromatic nitrogens is 4. The molecule has 7 heteroatoms. The number of aromatic amines is 2. The Morgan fingerprint density at radius 2 is 1.94 bits per heavy atom. The van der Waals surface area contributed by atoms with E-state index < -0.39 is 11.2 Å². The van der Waals surface area contributed by atoms with Crippen molar-refractivity contribution in [3.63, 3.8) is 0 Å². The highest BCUT2D eigenvalue weighted by atomic mass is 16.2. The second-order valence-electron chi connectivity index (χ2n) is 3.70. The van der Waals surface area contributed by atoms with Crippen molar-refractivity contribution in [2.75, 3.05) is 5.43 Å². The maximum Gasteiger partial charge on any atom is 0.349 e. The molecule has 0 bridgehead atoms. The lowest BCUT2D eigenvalue weighted by molar-refractivity contribution is 0.857. The predicted octanol–water partition coefficient (Wildman–Crippen LogP) is 0.288. The van der Waals surface area contributed by atoms with Crippen LogP contribution in [0.2, 0.25) is 0 Å². The summed E-state index contributed by atoms with van der Waals surface area (Å²) in [4.78, 5) is 25.5. The normalized spacial score (nSPS) is 10.7. The minimum absolute atomic E-state index is 0.318. The van der Waals surface area contributed by atoms with E-state index in [9.17, 15) is 9.59 Å². The number of hydrogen-bond donors (Lipinski definition) is 3. The third-order valence-corrected chi connectivity index (χ3v) is 2.53. The summed E-state index contributed by atoms with van der Waals surface area (Å²) < 4.78 is 1.21. The van der Waals surface area contributed by atoms with Crippen LogP contribution in [0.15, 0.2) is 46.1 Å². The Morgan fingerprint density at radius 1 is 1.17 bits per heavy atom. The number of nitrogens with one attached hydrogen (secondary N) is 3. The molecule has 0 fully saturated rings. The first-order valence-corrected chi connectivity index (χ1v) is 5.26. The summed E-state index contributed by atoms with van der Waals surface area (Å²) >= 11 is 0. The Balaban J connectivity index is 2.21. The molecule has 2 aromatic heterocycles. The topological polar surface area (TPSA) is 95.6 Å². The molecule has 18 heavy (non-hydrogen) atoms. The highest BCUT2D eigenvalue weighted by Crippen LogP contribution is 2.07. The van der Waals surface area contributed by atoms with Crippen molar-refractivity contribution in [2.24, 2.45) is 0 Å². The Labute approximate surface area is 100 Å². The van der Waals surface area contributed by atoms with E-state index in [1.165, 1.54) is 10.9 Å². The molecule has 0 saturated heterocycles. The predicted molar refractivity (Wildman–Crippen MR) is 66.4 cm³/mol. The average Bonchev–Trinajstić information content (AvgIpc) is 2.85. The van der Waals surface area contributed by atoms with E-state index in [1.807, 2.05) is 18.2 Å². The number of fused-ring (bicyclic) bond motifs is 1. The van der Waals surface area contributed by atoms with Gasteiger partial charge in [0, 0.05) is 0 Å². The molecule has 2 heterocycles. The first-order chi connectivity index (χ1) is 8.75. The number of hydrogen-bond acceptors (Lipinski definition) is 4. The molecule has 7 nitrogen and oxygen atoms in total. The van der Waals surface area contributed by atoms with Gasteiger partial charge in [0.25, 0.3) is 5.56 Å². The van der Waals surface area contributed by atoms with Crippen molar-refractivity contribution in [1.29, 1.82) is 0 Å². The van der Waals surface area contributed by atoms with Gasteiger partial charge in [0.1, 0.15) is 5.39 Å². The summed E-state index contributed by atoms with van der Waals surface area (Å²) in [7, 11) is 0. The SMILES string of the molecule is O=c1[nH]c(=O)n(Nc2ccccc2)c2[nH]ncc12. The summed E-state index contributed by atoms with van der Waals surface area (Å²) in [5.41, 5.74) is 2.92. The van der Waals surface area contributed by atoms with E-state index in [2.05, 4.69) is 20.6 Å². The smallest absolute Gasteiger partial charge is 0.288 e. The lowest BCUT2D eigenvalue weighted by Crippen LogP contribution is -2.34. The van der Waals surface area contributed by atoms with E-state index in [-0.39, 0.29) is 0 Å². The van der Waals surface area contributed by atoms with Crippen molar-refractivity contribution in [3.05, 3.63) is 57.4 Å². The molecule has 0 spiro atoms. The molecule has 0 unspecified atom stereocenters. The third-order valence-electron chi connectivity index (χ3n) is 2.53. The molecule has 0 radical (unpaired) electrons. The number of para-hydroxylation sites is 1.